The van der Waals surface area contributed by atoms with Crippen molar-refractivity contribution < 1.29 is 9.63 Å². The standard InChI is InChI=1S/C24H26N2O2S/c1-4-26(5-2)23(27)17-28-25-24(19-13-15-20(29-3)16-14-19)22-12-8-10-18-9-6-7-11-21(18)22/h6-16H,4-5,17H2,1-3H3/b25-24-. The quantitative estimate of drug-likeness (QED) is 0.293. The number of nitrogens with zero attached hydrogens (tertiary/aromatic N) is 2. The van der Waals surface area contributed by atoms with Crippen molar-refractivity contribution in [2.75, 3.05) is 26.0 Å². The molecule has 150 valence electrons. The van der Waals surface area contributed by atoms with Crippen LogP contribution < -0.4 is 0 Å². The first-order chi connectivity index (χ1) is 14.2. The number of oxime groups is 1. The van der Waals surface area contributed by atoms with E-state index in [1.165, 1.54) is 4.90 Å². The van der Waals surface area contributed by atoms with E-state index >= 15 is 0 Å². The van der Waals surface area contributed by atoms with Crippen LogP contribution in [-0.2, 0) is 9.63 Å². The highest BCUT2D eigenvalue weighted by Gasteiger charge is 2.14. The molecule has 3 aromatic carbocycles. The van der Waals surface area contributed by atoms with E-state index < -0.39 is 0 Å². The molecule has 1 amide bonds. The van der Waals surface area contributed by atoms with Crippen LogP contribution in [0.3, 0.4) is 0 Å². The fourth-order valence-corrected chi connectivity index (χ4v) is 3.67. The van der Waals surface area contributed by atoms with Gasteiger partial charge in [0.15, 0.2) is 6.61 Å². The van der Waals surface area contributed by atoms with Crippen LogP contribution in [0, 0.1) is 0 Å². The molecule has 0 aliphatic heterocycles. The summed E-state index contributed by atoms with van der Waals surface area (Å²) in [5.74, 6) is -0.0613. The molecular weight excluding hydrogens is 380 g/mol. The van der Waals surface area contributed by atoms with Crippen molar-refractivity contribution in [2.45, 2.75) is 18.7 Å². The molecule has 0 radical (unpaired) electrons. The second-order valence-electron chi connectivity index (χ2n) is 6.53. The zero-order valence-corrected chi connectivity index (χ0v) is 17.9. The molecule has 3 rings (SSSR count). The summed E-state index contributed by atoms with van der Waals surface area (Å²) < 4.78 is 0. The van der Waals surface area contributed by atoms with E-state index in [0.29, 0.717) is 13.1 Å². The smallest absolute Gasteiger partial charge is 0.263 e. The zero-order valence-electron chi connectivity index (χ0n) is 17.1. The molecule has 0 saturated carbocycles. The van der Waals surface area contributed by atoms with Crippen LogP contribution in [0.1, 0.15) is 25.0 Å². The lowest BCUT2D eigenvalue weighted by Crippen LogP contribution is -2.33. The maximum absolute atomic E-state index is 12.3. The Morgan fingerprint density at radius 3 is 2.34 bits per heavy atom. The molecule has 5 heteroatoms. The third-order valence-electron chi connectivity index (χ3n) is 4.87. The number of hydrogen-bond acceptors (Lipinski definition) is 4. The number of likely N-dealkylation sites (N-methyl/N-ethyl adjacent to an activating group) is 1. The summed E-state index contributed by atoms with van der Waals surface area (Å²) in [6.07, 6.45) is 2.05. The van der Waals surface area contributed by atoms with Gasteiger partial charge in [0.1, 0.15) is 5.71 Å². The van der Waals surface area contributed by atoms with Crippen molar-refractivity contribution in [3.8, 4) is 0 Å². The second-order valence-corrected chi connectivity index (χ2v) is 7.41. The van der Waals surface area contributed by atoms with Crippen molar-refractivity contribution in [2.24, 2.45) is 5.16 Å². The summed E-state index contributed by atoms with van der Waals surface area (Å²) in [6.45, 7) is 5.17. The van der Waals surface area contributed by atoms with Crippen molar-refractivity contribution in [1.29, 1.82) is 0 Å². The molecule has 0 aliphatic rings. The van der Waals surface area contributed by atoms with Gasteiger partial charge in [0.25, 0.3) is 5.91 Å². The van der Waals surface area contributed by atoms with Crippen molar-refractivity contribution in [3.05, 3.63) is 77.9 Å². The first-order valence-corrected chi connectivity index (χ1v) is 11.0. The van der Waals surface area contributed by atoms with Gasteiger partial charge >= 0.3 is 0 Å². The lowest BCUT2D eigenvalue weighted by atomic mass is 9.97. The number of carbonyl (C=O) groups is 1. The van der Waals surface area contributed by atoms with Gasteiger partial charge in [0.2, 0.25) is 0 Å². The Hall–Kier alpha value is -2.79. The normalized spacial score (nSPS) is 11.5. The molecule has 3 aromatic rings. The van der Waals surface area contributed by atoms with Crippen molar-refractivity contribution >= 4 is 34.2 Å². The minimum Gasteiger partial charge on any atom is -0.385 e. The molecule has 4 nitrogen and oxygen atoms in total. The molecule has 0 N–H and O–H groups in total. The Labute approximate surface area is 176 Å². The Balaban J connectivity index is 1.98. The van der Waals surface area contributed by atoms with Crippen LogP contribution in [0.15, 0.2) is 76.8 Å². The van der Waals surface area contributed by atoms with E-state index in [9.17, 15) is 4.79 Å². The molecule has 0 aliphatic carbocycles. The van der Waals surface area contributed by atoms with E-state index in [4.69, 9.17) is 4.84 Å². The minimum atomic E-state index is -0.0706. The lowest BCUT2D eigenvalue weighted by Gasteiger charge is -2.17. The summed E-state index contributed by atoms with van der Waals surface area (Å²) in [5, 5.41) is 6.66. The third-order valence-corrected chi connectivity index (χ3v) is 5.61. The van der Waals surface area contributed by atoms with E-state index in [2.05, 4.69) is 41.7 Å². The fraction of sp³-hybridized carbons (Fsp3) is 0.250. The number of amides is 1. The van der Waals surface area contributed by atoms with Crippen LogP contribution in [0.4, 0.5) is 0 Å². The van der Waals surface area contributed by atoms with Gasteiger partial charge in [0, 0.05) is 29.1 Å². The zero-order chi connectivity index (χ0) is 20.6. The highest BCUT2D eigenvalue weighted by molar-refractivity contribution is 7.98. The van der Waals surface area contributed by atoms with Gasteiger partial charge in [-0.25, -0.2) is 0 Å². The van der Waals surface area contributed by atoms with Gasteiger partial charge in [-0.05, 0) is 43.0 Å². The predicted octanol–water partition coefficient (Wildman–Crippen LogP) is 5.20. The number of thioether (sulfide) groups is 1. The summed E-state index contributed by atoms with van der Waals surface area (Å²) >= 11 is 1.70. The average Bonchev–Trinajstić information content (AvgIpc) is 2.77. The van der Waals surface area contributed by atoms with Crippen molar-refractivity contribution in [1.82, 2.24) is 4.90 Å². The molecule has 0 unspecified atom stereocenters. The van der Waals surface area contributed by atoms with Crippen LogP contribution in [0.25, 0.3) is 10.8 Å². The van der Waals surface area contributed by atoms with Crippen molar-refractivity contribution in [3.63, 3.8) is 0 Å². The molecule has 0 aromatic heterocycles. The number of rotatable bonds is 8. The van der Waals surface area contributed by atoms with E-state index in [0.717, 1.165) is 27.6 Å². The third kappa shape index (κ3) is 4.98. The predicted molar refractivity (Wildman–Crippen MR) is 122 cm³/mol. The van der Waals surface area contributed by atoms with Crippen LogP contribution in [0.2, 0.25) is 0 Å². The van der Waals surface area contributed by atoms with Gasteiger partial charge in [-0.2, -0.15) is 0 Å². The molecule has 0 atom stereocenters. The van der Waals surface area contributed by atoms with Gasteiger partial charge in [0.05, 0.1) is 0 Å². The Kier molecular flexibility index (Phi) is 7.30. The van der Waals surface area contributed by atoms with E-state index in [1.807, 2.05) is 50.2 Å². The van der Waals surface area contributed by atoms with Crippen LogP contribution in [0.5, 0.6) is 0 Å². The number of hydrogen-bond donors (Lipinski definition) is 0. The number of fused-ring (bicyclic) bond motifs is 1. The van der Waals surface area contributed by atoms with E-state index in [1.54, 1.807) is 16.7 Å². The van der Waals surface area contributed by atoms with Gasteiger partial charge < -0.3 is 9.74 Å². The molecule has 0 fully saturated rings. The van der Waals surface area contributed by atoms with E-state index in [-0.39, 0.29) is 12.5 Å². The summed E-state index contributed by atoms with van der Waals surface area (Å²) in [6, 6.07) is 22.6. The van der Waals surface area contributed by atoms with Crippen LogP contribution >= 0.6 is 11.8 Å². The lowest BCUT2D eigenvalue weighted by molar-refractivity contribution is -0.135. The highest BCUT2D eigenvalue weighted by atomic mass is 32.2. The SMILES string of the molecule is CCN(CC)C(=O)CO/N=C(/c1ccc(SC)cc1)c1cccc2ccccc12. The molecule has 0 bridgehead atoms. The fourth-order valence-electron chi connectivity index (χ4n) is 3.26. The maximum Gasteiger partial charge on any atom is 0.263 e. The largest absolute Gasteiger partial charge is 0.385 e. The maximum atomic E-state index is 12.3. The topological polar surface area (TPSA) is 41.9 Å². The molecule has 29 heavy (non-hydrogen) atoms. The first-order valence-electron chi connectivity index (χ1n) is 9.78. The second kappa shape index (κ2) is 10.1. The summed E-state index contributed by atoms with van der Waals surface area (Å²) in [7, 11) is 0. The minimum absolute atomic E-state index is 0.0613. The first kappa shape index (κ1) is 20.9. The molecule has 0 spiro atoms. The highest BCUT2D eigenvalue weighted by Crippen LogP contribution is 2.24. The molecular formula is C24H26N2O2S. The van der Waals surface area contributed by atoms with Gasteiger partial charge in [-0.15, -0.1) is 11.8 Å². The molecule has 0 saturated heterocycles. The monoisotopic (exact) mass is 406 g/mol. The Bertz CT molecular complexity index is 990. The summed E-state index contributed by atoms with van der Waals surface area (Å²) in [4.78, 5) is 20.8. The number of benzene rings is 3. The van der Waals surface area contributed by atoms with Gasteiger partial charge in [-0.3, -0.25) is 4.79 Å². The summed E-state index contributed by atoms with van der Waals surface area (Å²) in [5.41, 5.74) is 2.66. The average molecular weight is 407 g/mol. The Morgan fingerprint density at radius 1 is 0.966 bits per heavy atom. The Morgan fingerprint density at radius 2 is 1.66 bits per heavy atom. The van der Waals surface area contributed by atoms with Crippen LogP contribution in [-0.4, -0.2) is 42.5 Å². The number of carbonyl (C=O) groups excluding carboxylic acids is 1. The molecule has 0 heterocycles. The van der Waals surface area contributed by atoms with Gasteiger partial charge in [-0.1, -0.05) is 59.8 Å².